The van der Waals surface area contributed by atoms with Crippen LogP contribution in [-0.2, 0) is 37.4 Å². The first-order valence-electron chi connectivity index (χ1n) is 9.84. The summed E-state index contributed by atoms with van der Waals surface area (Å²) in [5.74, 6) is 0.655. The van der Waals surface area contributed by atoms with Gasteiger partial charge >= 0.3 is 0 Å². The molecule has 2 aromatic heterocycles. The number of rotatable bonds is 7. The average Bonchev–Trinajstić information content (AvgIpc) is 3.34. The molecule has 4 heterocycles. The number of fused-ring (bicyclic) bond motifs is 1. The van der Waals surface area contributed by atoms with Crippen LogP contribution in [0.15, 0.2) is 12.4 Å². The first-order valence-corrected chi connectivity index (χ1v) is 9.84. The van der Waals surface area contributed by atoms with Crippen molar-refractivity contribution < 1.29 is 9.84 Å². The van der Waals surface area contributed by atoms with E-state index in [9.17, 15) is 5.11 Å². The Morgan fingerprint density at radius 3 is 2.89 bits per heavy atom. The van der Waals surface area contributed by atoms with Crippen LogP contribution in [0, 0.1) is 0 Å². The molecule has 8 heteroatoms. The van der Waals surface area contributed by atoms with E-state index in [4.69, 9.17) is 4.74 Å². The molecule has 8 nitrogen and oxygen atoms in total. The maximum absolute atomic E-state index is 9.61. The highest BCUT2D eigenvalue weighted by atomic mass is 16.5. The molecule has 2 aliphatic heterocycles. The number of hydrogen-bond acceptors (Lipinski definition) is 7. The number of ether oxygens (including phenoxy) is 1. The molecular formula is C19H28N6O2. The highest BCUT2D eigenvalue weighted by Crippen LogP contribution is 2.24. The van der Waals surface area contributed by atoms with E-state index in [0.717, 1.165) is 69.9 Å². The molecule has 1 atom stereocenters. The largest absolute Gasteiger partial charge is 0.390 e. The Balaban J connectivity index is 1.35. The monoisotopic (exact) mass is 372 g/mol. The van der Waals surface area contributed by atoms with Crippen LogP contribution >= 0.6 is 0 Å². The van der Waals surface area contributed by atoms with Crippen molar-refractivity contribution in [2.24, 2.45) is 0 Å². The Hall–Kier alpha value is -2.03. The Morgan fingerprint density at radius 1 is 1.33 bits per heavy atom. The Bertz CT molecular complexity index is 754. The van der Waals surface area contributed by atoms with Gasteiger partial charge in [-0.3, -0.25) is 9.58 Å². The molecule has 0 aliphatic carbocycles. The molecule has 146 valence electrons. The minimum absolute atomic E-state index is 0.00262. The highest BCUT2D eigenvalue weighted by molar-refractivity contribution is 5.29. The predicted octanol–water partition coefficient (Wildman–Crippen LogP) is 1.33. The molecule has 0 radical (unpaired) electrons. The number of nitrogens with zero attached hydrogens (tertiary/aromatic N) is 5. The van der Waals surface area contributed by atoms with Crippen LogP contribution < -0.4 is 5.32 Å². The molecule has 0 aromatic carbocycles. The summed E-state index contributed by atoms with van der Waals surface area (Å²) in [6.45, 7) is 7.14. The van der Waals surface area contributed by atoms with Crippen LogP contribution in [0.2, 0.25) is 0 Å². The summed E-state index contributed by atoms with van der Waals surface area (Å²) >= 11 is 0. The van der Waals surface area contributed by atoms with Crippen LogP contribution in [0.25, 0.3) is 0 Å². The van der Waals surface area contributed by atoms with E-state index in [1.54, 1.807) is 0 Å². The second-order valence-electron chi connectivity index (χ2n) is 7.24. The van der Waals surface area contributed by atoms with Crippen molar-refractivity contribution in [2.75, 3.05) is 25.0 Å². The Morgan fingerprint density at radius 2 is 2.19 bits per heavy atom. The fourth-order valence-electron chi connectivity index (χ4n) is 3.94. The van der Waals surface area contributed by atoms with Crippen molar-refractivity contribution in [1.82, 2.24) is 24.6 Å². The zero-order valence-electron chi connectivity index (χ0n) is 15.9. The fraction of sp³-hybridized carbons (Fsp3) is 0.632. The lowest BCUT2D eigenvalue weighted by molar-refractivity contribution is 0.120. The smallest absolute Gasteiger partial charge is 0.222 e. The van der Waals surface area contributed by atoms with Gasteiger partial charge < -0.3 is 15.2 Å². The molecule has 0 amide bonds. The third-order valence-electron chi connectivity index (χ3n) is 5.37. The molecule has 4 rings (SSSR count). The third-order valence-corrected chi connectivity index (χ3v) is 5.37. The zero-order valence-corrected chi connectivity index (χ0v) is 15.9. The van der Waals surface area contributed by atoms with E-state index in [1.807, 2.05) is 17.1 Å². The van der Waals surface area contributed by atoms with Crippen LogP contribution in [0.5, 0.6) is 0 Å². The summed E-state index contributed by atoms with van der Waals surface area (Å²) in [5, 5.41) is 17.4. The summed E-state index contributed by atoms with van der Waals surface area (Å²) in [6.07, 6.45) is 7.26. The number of aliphatic hydroxyl groups excluding tert-OH is 1. The van der Waals surface area contributed by atoms with Crippen molar-refractivity contribution >= 4 is 5.95 Å². The number of nitrogens with one attached hydrogen (secondary N) is 1. The van der Waals surface area contributed by atoms with Crippen molar-refractivity contribution in [3.05, 3.63) is 34.9 Å². The molecule has 0 bridgehead atoms. The highest BCUT2D eigenvalue weighted by Gasteiger charge is 2.24. The second kappa shape index (κ2) is 8.33. The topological polar surface area (TPSA) is 88.3 Å². The normalized spacial score (nSPS) is 20.0. The van der Waals surface area contributed by atoms with Crippen molar-refractivity contribution in [1.29, 1.82) is 0 Å². The molecule has 0 unspecified atom stereocenters. The molecule has 2 aromatic rings. The molecule has 0 saturated carbocycles. The molecule has 2 N–H and O–H groups in total. The van der Waals surface area contributed by atoms with Gasteiger partial charge in [0.15, 0.2) is 0 Å². The van der Waals surface area contributed by atoms with Gasteiger partial charge in [0.25, 0.3) is 0 Å². The van der Waals surface area contributed by atoms with Gasteiger partial charge in [-0.05, 0) is 19.8 Å². The van der Waals surface area contributed by atoms with E-state index in [2.05, 4.69) is 32.2 Å². The van der Waals surface area contributed by atoms with Gasteiger partial charge in [0, 0.05) is 75.0 Å². The maximum Gasteiger partial charge on any atom is 0.222 e. The van der Waals surface area contributed by atoms with Gasteiger partial charge in [-0.2, -0.15) is 5.10 Å². The van der Waals surface area contributed by atoms with Gasteiger partial charge in [0.05, 0.1) is 18.4 Å². The van der Waals surface area contributed by atoms with E-state index in [0.29, 0.717) is 5.95 Å². The summed E-state index contributed by atoms with van der Waals surface area (Å²) in [4.78, 5) is 11.2. The van der Waals surface area contributed by atoms with E-state index < -0.39 is 0 Å². The molecule has 1 fully saturated rings. The van der Waals surface area contributed by atoms with Gasteiger partial charge in [-0.15, -0.1) is 0 Å². The first-order chi connectivity index (χ1) is 13.3. The molecule has 1 saturated heterocycles. The molecule has 27 heavy (non-hydrogen) atoms. The third kappa shape index (κ3) is 4.12. The lowest BCUT2D eigenvalue weighted by Gasteiger charge is -2.27. The molecular weight excluding hydrogens is 344 g/mol. The maximum atomic E-state index is 9.61. The van der Waals surface area contributed by atoms with Gasteiger partial charge in [-0.25, -0.2) is 9.97 Å². The zero-order chi connectivity index (χ0) is 18.6. The number of aliphatic hydroxyl groups is 1. The van der Waals surface area contributed by atoms with Crippen LogP contribution in [0.4, 0.5) is 5.95 Å². The minimum atomic E-state index is -0.00262. The quantitative estimate of drug-likeness (QED) is 0.758. The van der Waals surface area contributed by atoms with E-state index >= 15 is 0 Å². The summed E-state index contributed by atoms with van der Waals surface area (Å²) in [6, 6.07) is 0. The van der Waals surface area contributed by atoms with Crippen LogP contribution in [-0.4, -0.2) is 55.6 Å². The Labute approximate surface area is 159 Å². The number of aromatic nitrogens is 4. The summed E-state index contributed by atoms with van der Waals surface area (Å²) in [7, 11) is 0. The van der Waals surface area contributed by atoms with Crippen molar-refractivity contribution in [3.63, 3.8) is 0 Å². The summed E-state index contributed by atoms with van der Waals surface area (Å²) < 4.78 is 7.63. The van der Waals surface area contributed by atoms with Gasteiger partial charge in [-0.1, -0.05) is 0 Å². The SMILES string of the molecule is CCn1nc(CO)c2c1CCN(Cc1cnc(NC[C@H]3CCCO3)nc1)C2. The molecule has 0 spiro atoms. The predicted molar refractivity (Wildman–Crippen MR) is 101 cm³/mol. The number of hydrogen-bond donors (Lipinski definition) is 2. The van der Waals surface area contributed by atoms with Crippen molar-refractivity contribution in [2.45, 2.75) is 58.5 Å². The second-order valence-corrected chi connectivity index (χ2v) is 7.24. The lowest BCUT2D eigenvalue weighted by Crippen LogP contribution is -2.31. The standard InChI is InChI=1S/C19H28N6O2/c1-2-25-18-5-6-24(12-16(18)17(13-26)23-25)11-14-8-20-19(21-9-14)22-10-15-4-3-7-27-15/h8-9,15,26H,2-7,10-13H2,1H3,(H,20,21,22)/t15-/m1/s1. The van der Waals surface area contributed by atoms with E-state index in [-0.39, 0.29) is 12.7 Å². The number of anilines is 1. The van der Waals surface area contributed by atoms with Crippen molar-refractivity contribution in [3.8, 4) is 0 Å². The minimum Gasteiger partial charge on any atom is -0.390 e. The lowest BCUT2D eigenvalue weighted by atomic mass is 10.0. The molecule has 2 aliphatic rings. The summed E-state index contributed by atoms with van der Waals surface area (Å²) in [5.41, 5.74) is 4.35. The fourth-order valence-corrected chi connectivity index (χ4v) is 3.94. The van der Waals surface area contributed by atoms with Crippen LogP contribution in [0.1, 0.15) is 42.3 Å². The van der Waals surface area contributed by atoms with Gasteiger partial charge in [0.2, 0.25) is 5.95 Å². The average molecular weight is 372 g/mol. The Kier molecular flexibility index (Phi) is 5.66. The van der Waals surface area contributed by atoms with Crippen LogP contribution in [0.3, 0.4) is 0 Å². The van der Waals surface area contributed by atoms with Gasteiger partial charge in [0.1, 0.15) is 0 Å². The van der Waals surface area contributed by atoms with E-state index in [1.165, 1.54) is 11.3 Å². The first kappa shape index (κ1) is 18.3. The number of aryl methyl sites for hydroxylation is 1.